The van der Waals surface area contributed by atoms with Crippen LogP contribution in [0, 0.1) is 12.7 Å². The molecule has 0 radical (unpaired) electrons. The van der Waals surface area contributed by atoms with Crippen LogP contribution in [0.15, 0.2) is 46.9 Å². The lowest BCUT2D eigenvalue weighted by molar-refractivity contribution is -0.121. The molecule has 0 unspecified atom stereocenters. The van der Waals surface area contributed by atoms with E-state index in [0.29, 0.717) is 12.8 Å². The molecular weight excluding hydrogens is 387 g/mol. The second kappa shape index (κ2) is 9.32. The van der Waals surface area contributed by atoms with Crippen molar-refractivity contribution in [2.45, 2.75) is 26.2 Å². The van der Waals surface area contributed by atoms with Crippen LogP contribution in [0.4, 0.5) is 10.1 Å². The standard InChI is InChI=1S/C19H20BrFN2O2/c1-13-2-6-15(20)12-17(13)23-19(25)10-11-22-18(24)9-5-14-3-7-16(21)8-4-14/h2-4,6-8,12H,5,9-11H2,1H3,(H,22,24)(H,23,25). The summed E-state index contributed by atoms with van der Waals surface area (Å²) in [5.74, 6) is -0.573. The molecule has 0 aliphatic heterocycles. The number of amides is 2. The Hall–Kier alpha value is -2.21. The highest BCUT2D eigenvalue weighted by Crippen LogP contribution is 2.20. The molecule has 0 fully saturated rings. The summed E-state index contributed by atoms with van der Waals surface area (Å²) >= 11 is 3.37. The first-order valence-electron chi connectivity index (χ1n) is 8.01. The molecule has 2 aromatic carbocycles. The molecule has 0 atom stereocenters. The van der Waals surface area contributed by atoms with Gasteiger partial charge in [0.1, 0.15) is 5.82 Å². The van der Waals surface area contributed by atoms with Gasteiger partial charge < -0.3 is 10.6 Å². The van der Waals surface area contributed by atoms with Crippen LogP contribution in [0.1, 0.15) is 24.0 Å². The van der Waals surface area contributed by atoms with E-state index in [-0.39, 0.29) is 30.6 Å². The third-order valence-corrected chi connectivity index (χ3v) is 4.20. The third kappa shape index (κ3) is 6.66. The lowest BCUT2D eigenvalue weighted by Crippen LogP contribution is -2.27. The van der Waals surface area contributed by atoms with E-state index < -0.39 is 0 Å². The number of hydrogen-bond donors (Lipinski definition) is 2. The van der Waals surface area contributed by atoms with Crippen molar-refractivity contribution in [1.82, 2.24) is 5.32 Å². The molecule has 0 saturated carbocycles. The summed E-state index contributed by atoms with van der Waals surface area (Å²) in [7, 11) is 0. The van der Waals surface area contributed by atoms with Gasteiger partial charge in [-0.3, -0.25) is 9.59 Å². The van der Waals surface area contributed by atoms with Gasteiger partial charge in [-0.15, -0.1) is 0 Å². The Kier molecular flexibility index (Phi) is 7.13. The van der Waals surface area contributed by atoms with E-state index in [1.165, 1.54) is 12.1 Å². The SMILES string of the molecule is Cc1ccc(Br)cc1NC(=O)CCNC(=O)CCc1ccc(F)cc1. The van der Waals surface area contributed by atoms with Crippen LogP contribution in [-0.2, 0) is 16.0 Å². The second-order valence-corrected chi connectivity index (χ2v) is 6.65. The Morgan fingerprint density at radius 2 is 1.76 bits per heavy atom. The van der Waals surface area contributed by atoms with Gasteiger partial charge in [0.25, 0.3) is 0 Å². The first-order chi connectivity index (χ1) is 11.9. The van der Waals surface area contributed by atoms with Gasteiger partial charge in [-0.1, -0.05) is 34.1 Å². The molecule has 0 heterocycles. The zero-order valence-corrected chi connectivity index (χ0v) is 15.5. The van der Waals surface area contributed by atoms with Crippen molar-refractivity contribution < 1.29 is 14.0 Å². The summed E-state index contributed by atoms with van der Waals surface area (Å²) in [4.78, 5) is 23.8. The Morgan fingerprint density at radius 1 is 1.04 bits per heavy atom. The molecule has 0 spiro atoms. The molecule has 0 aromatic heterocycles. The van der Waals surface area contributed by atoms with Gasteiger partial charge in [-0.05, 0) is 48.7 Å². The van der Waals surface area contributed by atoms with Crippen LogP contribution in [0.25, 0.3) is 0 Å². The summed E-state index contributed by atoms with van der Waals surface area (Å²) in [6.07, 6.45) is 1.04. The molecule has 2 amide bonds. The monoisotopic (exact) mass is 406 g/mol. The molecule has 6 heteroatoms. The lowest BCUT2D eigenvalue weighted by atomic mass is 10.1. The zero-order valence-electron chi connectivity index (χ0n) is 13.9. The molecule has 0 aliphatic rings. The fraction of sp³-hybridized carbons (Fsp3) is 0.263. The number of carbonyl (C=O) groups is 2. The molecule has 2 N–H and O–H groups in total. The highest BCUT2D eigenvalue weighted by atomic mass is 79.9. The summed E-state index contributed by atoms with van der Waals surface area (Å²) < 4.78 is 13.7. The summed E-state index contributed by atoms with van der Waals surface area (Å²) in [6, 6.07) is 11.7. The van der Waals surface area contributed by atoms with E-state index >= 15 is 0 Å². The van der Waals surface area contributed by atoms with E-state index in [9.17, 15) is 14.0 Å². The highest BCUT2D eigenvalue weighted by molar-refractivity contribution is 9.10. The maximum absolute atomic E-state index is 12.8. The first kappa shape index (κ1) is 19.1. The van der Waals surface area contributed by atoms with E-state index in [1.54, 1.807) is 12.1 Å². The smallest absolute Gasteiger partial charge is 0.226 e. The summed E-state index contributed by atoms with van der Waals surface area (Å²) in [6.45, 7) is 2.19. The molecule has 4 nitrogen and oxygen atoms in total. The van der Waals surface area contributed by atoms with Crippen LogP contribution in [0.2, 0.25) is 0 Å². The topological polar surface area (TPSA) is 58.2 Å². The van der Waals surface area contributed by atoms with Crippen molar-refractivity contribution in [2.24, 2.45) is 0 Å². The van der Waals surface area contributed by atoms with E-state index in [4.69, 9.17) is 0 Å². The van der Waals surface area contributed by atoms with E-state index in [2.05, 4.69) is 26.6 Å². The number of hydrogen-bond acceptors (Lipinski definition) is 2. The molecule has 2 rings (SSSR count). The van der Waals surface area contributed by atoms with Gasteiger partial charge in [0.05, 0.1) is 0 Å². The summed E-state index contributed by atoms with van der Waals surface area (Å²) in [5.41, 5.74) is 2.63. The van der Waals surface area contributed by atoms with Crippen LogP contribution in [0.3, 0.4) is 0 Å². The number of anilines is 1. The van der Waals surface area contributed by atoms with E-state index in [0.717, 1.165) is 21.3 Å². The predicted molar refractivity (Wildman–Crippen MR) is 99.9 cm³/mol. The van der Waals surface area contributed by atoms with E-state index in [1.807, 2.05) is 25.1 Å². The van der Waals surface area contributed by atoms with Gasteiger partial charge in [-0.2, -0.15) is 0 Å². The average molecular weight is 407 g/mol. The number of halogens is 2. The Bertz CT molecular complexity index is 748. The maximum atomic E-state index is 12.8. The first-order valence-corrected chi connectivity index (χ1v) is 8.80. The molecule has 0 saturated heterocycles. The molecule has 0 aliphatic carbocycles. The predicted octanol–water partition coefficient (Wildman–Crippen LogP) is 3.97. The van der Waals surface area contributed by atoms with Crippen molar-refractivity contribution in [1.29, 1.82) is 0 Å². The van der Waals surface area contributed by atoms with Gasteiger partial charge in [0, 0.05) is 29.5 Å². The molecular formula is C19H20BrFN2O2. The van der Waals surface area contributed by atoms with Gasteiger partial charge >= 0.3 is 0 Å². The minimum Gasteiger partial charge on any atom is -0.356 e. The lowest BCUT2D eigenvalue weighted by Gasteiger charge is -2.09. The van der Waals surface area contributed by atoms with Crippen molar-refractivity contribution in [3.05, 3.63) is 63.9 Å². The van der Waals surface area contributed by atoms with Gasteiger partial charge in [0.2, 0.25) is 11.8 Å². The van der Waals surface area contributed by atoms with Crippen molar-refractivity contribution in [2.75, 3.05) is 11.9 Å². The molecule has 2 aromatic rings. The quantitative estimate of drug-likeness (QED) is 0.730. The van der Waals surface area contributed by atoms with Crippen molar-refractivity contribution >= 4 is 33.4 Å². The third-order valence-electron chi connectivity index (χ3n) is 3.70. The molecule has 0 bridgehead atoms. The average Bonchev–Trinajstić information content (AvgIpc) is 2.57. The van der Waals surface area contributed by atoms with Crippen LogP contribution >= 0.6 is 15.9 Å². The number of rotatable bonds is 7. The second-order valence-electron chi connectivity index (χ2n) is 5.73. The molecule has 25 heavy (non-hydrogen) atoms. The zero-order chi connectivity index (χ0) is 18.2. The van der Waals surface area contributed by atoms with Crippen LogP contribution in [-0.4, -0.2) is 18.4 Å². The maximum Gasteiger partial charge on any atom is 0.226 e. The number of nitrogens with one attached hydrogen (secondary N) is 2. The Balaban J connectivity index is 1.69. The van der Waals surface area contributed by atoms with Gasteiger partial charge in [-0.25, -0.2) is 4.39 Å². The molecule has 132 valence electrons. The van der Waals surface area contributed by atoms with Crippen LogP contribution < -0.4 is 10.6 Å². The van der Waals surface area contributed by atoms with Crippen molar-refractivity contribution in [3.8, 4) is 0 Å². The largest absolute Gasteiger partial charge is 0.356 e. The fourth-order valence-corrected chi connectivity index (χ4v) is 2.62. The highest BCUT2D eigenvalue weighted by Gasteiger charge is 2.07. The number of aryl methyl sites for hydroxylation is 2. The van der Waals surface area contributed by atoms with Crippen LogP contribution in [0.5, 0.6) is 0 Å². The fourth-order valence-electron chi connectivity index (χ4n) is 2.25. The Labute approximate surface area is 154 Å². The number of carbonyl (C=O) groups excluding carboxylic acids is 2. The minimum atomic E-state index is -0.292. The normalized spacial score (nSPS) is 10.4. The number of benzene rings is 2. The Morgan fingerprint density at radius 3 is 2.48 bits per heavy atom. The van der Waals surface area contributed by atoms with Gasteiger partial charge in [0.15, 0.2) is 0 Å². The van der Waals surface area contributed by atoms with Crippen molar-refractivity contribution in [3.63, 3.8) is 0 Å². The minimum absolute atomic E-state index is 0.129. The summed E-state index contributed by atoms with van der Waals surface area (Å²) in [5, 5.41) is 5.56.